The Morgan fingerprint density at radius 3 is 2.80 bits per heavy atom. The van der Waals surface area contributed by atoms with E-state index in [1.807, 2.05) is 13.2 Å². The van der Waals surface area contributed by atoms with Crippen LogP contribution < -0.4 is 4.90 Å². The topological polar surface area (TPSA) is 62.6 Å². The molecule has 4 heterocycles. The smallest absolute Gasteiger partial charge is 0.163 e. The summed E-state index contributed by atoms with van der Waals surface area (Å²) in [5.41, 5.74) is 3.57. The Morgan fingerprint density at radius 2 is 1.92 bits per heavy atom. The van der Waals surface area contributed by atoms with Gasteiger partial charge in [-0.2, -0.15) is 5.10 Å². The quantitative estimate of drug-likeness (QED) is 0.612. The van der Waals surface area contributed by atoms with Crippen LogP contribution in [0.1, 0.15) is 24.3 Å². The predicted octanol–water partition coefficient (Wildman–Crippen LogP) is 3.23. The number of hydrogen-bond acceptors (Lipinski definition) is 4. The Labute approximate surface area is 145 Å². The summed E-state index contributed by atoms with van der Waals surface area (Å²) in [6.07, 6.45) is 7.97. The van der Waals surface area contributed by atoms with Crippen molar-refractivity contribution in [3.05, 3.63) is 48.5 Å². The number of H-pyrrole nitrogens is 1. The number of anilines is 1. The fourth-order valence-corrected chi connectivity index (χ4v) is 4.04. The zero-order valence-corrected chi connectivity index (χ0v) is 14.2. The van der Waals surface area contributed by atoms with Crippen molar-refractivity contribution in [2.45, 2.75) is 18.8 Å². The number of para-hydroxylation sites is 1. The Balaban J connectivity index is 1.41. The minimum atomic E-state index is 0.596. The minimum absolute atomic E-state index is 0.596. The van der Waals surface area contributed by atoms with Crippen LogP contribution >= 0.6 is 0 Å². The van der Waals surface area contributed by atoms with Crippen LogP contribution in [0.3, 0.4) is 0 Å². The third kappa shape index (κ3) is 2.28. The van der Waals surface area contributed by atoms with Crippen molar-refractivity contribution in [1.82, 2.24) is 24.7 Å². The van der Waals surface area contributed by atoms with Gasteiger partial charge in [0.1, 0.15) is 12.1 Å². The summed E-state index contributed by atoms with van der Waals surface area (Å²) in [4.78, 5) is 14.7. The summed E-state index contributed by atoms with van der Waals surface area (Å²) in [7, 11) is 1.92. The first-order chi connectivity index (χ1) is 12.3. The Hall–Kier alpha value is -2.89. The highest BCUT2D eigenvalue weighted by molar-refractivity contribution is 5.87. The maximum absolute atomic E-state index is 4.54. The van der Waals surface area contributed by atoms with Gasteiger partial charge in [0.25, 0.3) is 0 Å². The van der Waals surface area contributed by atoms with Gasteiger partial charge in [-0.3, -0.25) is 4.68 Å². The van der Waals surface area contributed by atoms with Crippen LogP contribution in [0.4, 0.5) is 5.82 Å². The normalized spacial score (nSPS) is 16.1. The zero-order valence-electron chi connectivity index (χ0n) is 14.2. The van der Waals surface area contributed by atoms with E-state index in [1.165, 1.54) is 16.5 Å². The molecule has 4 aromatic rings. The molecule has 0 saturated carbocycles. The molecule has 0 amide bonds. The predicted molar refractivity (Wildman–Crippen MR) is 98.8 cm³/mol. The monoisotopic (exact) mass is 332 g/mol. The lowest BCUT2D eigenvalue weighted by Gasteiger charge is -2.33. The van der Waals surface area contributed by atoms with Crippen molar-refractivity contribution in [3.8, 4) is 0 Å². The Kier molecular flexibility index (Phi) is 3.23. The standard InChI is InChI=1S/C19H20N6/c1-24-18-16(11-23-24)19(22-12-21-18)25-8-6-13(7-9-25)15-10-20-17-5-3-2-4-14(15)17/h2-5,10-13,20H,6-9H2,1H3. The molecule has 1 aliphatic rings. The van der Waals surface area contributed by atoms with E-state index in [0.29, 0.717) is 5.92 Å². The van der Waals surface area contributed by atoms with Gasteiger partial charge in [-0.1, -0.05) is 18.2 Å². The molecule has 1 saturated heterocycles. The molecular weight excluding hydrogens is 312 g/mol. The van der Waals surface area contributed by atoms with Gasteiger partial charge < -0.3 is 9.88 Å². The van der Waals surface area contributed by atoms with Gasteiger partial charge in [0, 0.05) is 37.2 Å². The molecule has 1 aliphatic heterocycles. The number of piperidine rings is 1. The second-order valence-corrected chi connectivity index (χ2v) is 6.75. The minimum Gasteiger partial charge on any atom is -0.361 e. The number of nitrogens with one attached hydrogen (secondary N) is 1. The molecule has 3 aromatic heterocycles. The number of aryl methyl sites for hydroxylation is 1. The van der Waals surface area contributed by atoms with Crippen LogP contribution in [0.25, 0.3) is 21.9 Å². The van der Waals surface area contributed by atoms with Crippen molar-refractivity contribution < 1.29 is 0 Å². The zero-order chi connectivity index (χ0) is 16.8. The van der Waals surface area contributed by atoms with Gasteiger partial charge in [0.2, 0.25) is 0 Å². The molecule has 6 heteroatoms. The van der Waals surface area contributed by atoms with Gasteiger partial charge in [-0.05, 0) is 30.4 Å². The summed E-state index contributed by atoms with van der Waals surface area (Å²) in [6, 6.07) is 8.57. The first-order valence-electron chi connectivity index (χ1n) is 8.75. The molecule has 6 nitrogen and oxygen atoms in total. The van der Waals surface area contributed by atoms with Gasteiger partial charge in [0.05, 0.1) is 11.6 Å². The summed E-state index contributed by atoms with van der Waals surface area (Å²) in [5, 5.41) is 6.72. The number of aromatic amines is 1. The molecule has 5 rings (SSSR count). The average Bonchev–Trinajstić information content (AvgIpc) is 3.26. The summed E-state index contributed by atoms with van der Waals surface area (Å²) in [6.45, 7) is 2.01. The summed E-state index contributed by atoms with van der Waals surface area (Å²) in [5.74, 6) is 1.61. The molecule has 1 aromatic carbocycles. The van der Waals surface area contributed by atoms with Crippen molar-refractivity contribution in [1.29, 1.82) is 0 Å². The third-order valence-corrected chi connectivity index (χ3v) is 5.36. The molecule has 0 unspecified atom stereocenters. The SMILES string of the molecule is Cn1ncc2c(N3CCC(c4c[nH]c5ccccc45)CC3)ncnc21. The average molecular weight is 332 g/mol. The lowest BCUT2D eigenvalue weighted by Crippen LogP contribution is -2.33. The maximum Gasteiger partial charge on any atom is 0.163 e. The highest BCUT2D eigenvalue weighted by Gasteiger charge is 2.25. The van der Waals surface area contributed by atoms with E-state index in [9.17, 15) is 0 Å². The van der Waals surface area contributed by atoms with Crippen molar-refractivity contribution >= 4 is 27.8 Å². The van der Waals surface area contributed by atoms with Gasteiger partial charge in [0.15, 0.2) is 5.65 Å². The number of nitrogens with zero attached hydrogens (tertiary/aromatic N) is 5. The van der Waals surface area contributed by atoms with Gasteiger partial charge in [-0.25, -0.2) is 9.97 Å². The van der Waals surface area contributed by atoms with Crippen LogP contribution in [0, 0.1) is 0 Å². The number of benzene rings is 1. The van der Waals surface area contributed by atoms with E-state index >= 15 is 0 Å². The molecule has 0 aliphatic carbocycles. The van der Waals surface area contributed by atoms with E-state index in [2.05, 4.69) is 55.4 Å². The molecule has 126 valence electrons. The highest BCUT2D eigenvalue weighted by atomic mass is 15.3. The molecule has 25 heavy (non-hydrogen) atoms. The number of aromatic nitrogens is 5. The summed E-state index contributed by atoms with van der Waals surface area (Å²) >= 11 is 0. The molecule has 0 radical (unpaired) electrons. The lowest BCUT2D eigenvalue weighted by atomic mass is 9.89. The highest BCUT2D eigenvalue weighted by Crippen LogP contribution is 2.35. The van der Waals surface area contributed by atoms with E-state index in [0.717, 1.165) is 42.8 Å². The Bertz CT molecular complexity index is 1040. The molecule has 1 N–H and O–H groups in total. The van der Waals surface area contributed by atoms with Gasteiger partial charge >= 0.3 is 0 Å². The van der Waals surface area contributed by atoms with Crippen molar-refractivity contribution in [3.63, 3.8) is 0 Å². The van der Waals surface area contributed by atoms with Crippen LogP contribution in [-0.2, 0) is 7.05 Å². The fraction of sp³-hybridized carbons (Fsp3) is 0.316. The number of hydrogen-bond donors (Lipinski definition) is 1. The van der Waals surface area contributed by atoms with Crippen LogP contribution in [0.15, 0.2) is 43.0 Å². The maximum atomic E-state index is 4.54. The third-order valence-electron chi connectivity index (χ3n) is 5.36. The van der Waals surface area contributed by atoms with Crippen molar-refractivity contribution in [2.75, 3.05) is 18.0 Å². The second-order valence-electron chi connectivity index (χ2n) is 6.75. The van der Waals surface area contributed by atoms with Crippen LogP contribution in [0.5, 0.6) is 0 Å². The second kappa shape index (κ2) is 5.58. The van der Waals surface area contributed by atoms with E-state index in [1.54, 1.807) is 11.0 Å². The largest absolute Gasteiger partial charge is 0.361 e. The first-order valence-corrected chi connectivity index (χ1v) is 8.75. The number of rotatable bonds is 2. The first kappa shape index (κ1) is 14.5. The van der Waals surface area contributed by atoms with E-state index in [-0.39, 0.29) is 0 Å². The molecule has 0 bridgehead atoms. The Morgan fingerprint density at radius 1 is 1.08 bits per heavy atom. The van der Waals surface area contributed by atoms with E-state index in [4.69, 9.17) is 0 Å². The van der Waals surface area contributed by atoms with Crippen molar-refractivity contribution in [2.24, 2.45) is 7.05 Å². The molecule has 0 spiro atoms. The lowest BCUT2D eigenvalue weighted by molar-refractivity contribution is 0.506. The van der Waals surface area contributed by atoms with Crippen LogP contribution in [0.2, 0.25) is 0 Å². The number of fused-ring (bicyclic) bond motifs is 2. The summed E-state index contributed by atoms with van der Waals surface area (Å²) < 4.78 is 1.80. The van der Waals surface area contributed by atoms with Crippen LogP contribution in [-0.4, -0.2) is 37.8 Å². The van der Waals surface area contributed by atoms with E-state index < -0.39 is 0 Å². The van der Waals surface area contributed by atoms with Gasteiger partial charge in [-0.15, -0.1) is 0 Å². The fourth-order valence-electron chi connectivity index (χ4n) is 4.04. The molecule has 0 atom stereocenters. The molecule has 1 fully saturated rings. The molecular formula is C19H20N6.